The lowest BCUT2D eigenvalue weighted by atomic mass is 10.2. The number of thiophene rings is 1. The van der Waals surface area contributed by atoms with Gasteiger partial charge in [0, 0.05) is 26.2 Å². The van der Waals surface area contributed by atoms with Crippen LogP contribution in [-0.4, -0.2) is 61.7 Å². The number of hydrogen-bond donors (Lipinski definition) is 2. The predicted molar refractivity (Wildman–Crippen MR) is 117 cm³/mol. The van der Waals surface area contributed by atoms with E-state index in [1.807, 2.05) is 17.9 Å². The summed E-state index contributed by atoms with van der Waals surface area (Å²) >= 11 is 1.24. The van der Waals surface area contributed by atoms with Crippen molar-refractivity contribution < 1.29 is 18.0 Å². The Bertz CT molecular complexity index is 1060. The van der Waals surface area contributed by atoms with Gasteiger partial charge in [0.2, 0.25) is 15.9 Å². The zero-order valence-corrected chi connectivity index (χ0v) is 18.8. The molecule has 1 aromatic heterocycles. The van der Waals surface area contributed by atoms with E-state index in [1.54, 1.807) is 37.4 Å². The van der Waals surface area contributed by atoms with Crippen LogP contribution in [0.3, 0.4) is 0 Å². The lowest BCUT2D eigenvalue weighted by Gasteiger charge is -2.36. The molecule has 1 aliphatic rings. The van der Waals surface area contributed by atoms with Gasteiger partial charge in [-0.05, 0) is 43.8 Å². The summed E-state index contributed by atoms with van der Waals surface area (Å²) in [5, 5.41) is 4.87. The number of benzene rings is 1. The van der Waals surface area contributed by atoms with E-state index in [9.17, 15) is 18.0 Å². The van der Waals surface area contributed by atoms with Crippen molar-refractivity contribution >= 4 is 38.2 Å². The van der Waals surface area contributed by atoms with Crippen molar-refractivity contribution in [2.75, 3.05) is 31.5 Å². The van der Waals surface area contributed by atoms with Crippen molar-refractivity contribution in [2.45, 2.75) is 31.7 Å². The van der Waals surface area contributed by atoms with Crippen LogP contribution >= 0.6 is 11.3 Å². The number of nitrogens with zero attached hydrogens (tertiary/aromatic N) is 2. The minimum Gasteiger partial charge on any atom is -0.366 e. The van der Waals surface area contributed by atoms with Gasteiger partial charge in [0.1, 0.15) is 5.00 Å². The van der Waals surface area contributed by atoms with E-state index in [1.165, 1.54) is 15.6 Å². The molecule has 0 spiro atoms. The summed E-state index contributed by atoms with van der Waals surface area (Å²) in [4.78, 5) is 26.3. The van der Waals surface area contributed by atoms with Gasteiger partial charge in [-0.3, -0.25) is 14.5 Å². The molecule has 1 aromatic carbocycles. The van der Waals surface area contributed by atoms with Crippen LogP contribution in [0.25, 0.3) is 0 Å². The number of nitrogens with one attached hydrogen (secondary N) is 1. The zero-order valence-electron chi connectivity index (χ0n) is 17.2. The van der Waals surface area contributed by atoms with Crippen LogP contribution in [0.5, 0.6) is 0 Å². The van der Waals surface area contributed by atoms with Gasteiger partial charge < -0.3 is 11.1 Å². The first-order valence-corrected chi connectivity index (χ1v) is 11.9. The van der Waals surface area contributed by atoms with Gasteiger partial charge in [-0.25, -0.2) is 8.42 Å². The van der Waals surface area contributed by atoms with E-state index in [4.69, 9.17) is 5.73 Å². The summed E-state index contributed by atoms with van der Waals surface area (Å²) in [6, 6.07) is 6.41. The van der Waals surface area contributed by atoms with Crippen LogP contribution in [0.15, 0.2) is 34.5 Å². The molecule has 1 aliphatic heterocycles. The number of primary amides is 1. The summed E-state index contributed by atoms with van der Waals surface area (Å²) in [6.45, 7) is 6.97. The Balaban J connectivity index is 1.63. The number of carbonyl (C=O) groups excluding carboxylic acids is 2. The highest BCUT2D eigenvalue weighted by Crippen LogP contribution is 2.25. The average molecular weight is 451 g/mol. The molecule has 8 nitrogen and oxygen atoms in total. The van der Waals surface area contributed by atoms with Crippen LogP contribution in [0.1, 0.15) is 28.4 Å². The van der Waals surface area contributed by atoms with E-state index in [-0.39, 0.29) is 11.5 Å². The number of rotatable bonds is 6. The predicted octanol–water partition coefficient (Wildman–Crippen LogP) is 1.80. The fourth-order valence-electron chi connectivity index (χ4n) is 3.54. The fourth-order valence-corrected chi connectivity index (χ4v) is 5.96. The molecule has 1 fully saturated rings. The Kier molecular flexibility index (Phi) is 6.61. The molecule has 30 heavy (non-hydrogen) atoms. The van der Waals surface area contributed by atoms with Gasteiger partial charge in [-0.15, -0.1) is 11.3 Å². The number of amides is 2. The molecule has 2 heterocycles. The molecule has 2 amide bonds. The Morgan fingerprint density at radius 3 is 2.40 bits per heavy atom. The Labute approximate surface area is 180 Å². The second kappa shape index (κ2) is 8.84. The molecule has 1 atom stereocenters. The number of aryl methyl sites for hydroxylation is 2. The molecular formula is C20H26N4O4S2. The second-order valence-electron chi connectivity index (χ2n) is 7.40. The third kappa shape index (κ3) is 4.56. The lowest BCUT2D eigenvalue weighted by Crippen LogP contribution is -2.54. The number of piperazine rings is 1. The standard InChI is InChI=1S/C20H26N4O4S2/c1-13-4-5-17(14(2)12-13)30(27,28)24-9-7-23(8-10-24)15(3)19(26)22-20-16(18(21)25)6-11-29-20/h4-6,11-12,15H,7-10H2,1-3H3,(H2,21,25)(H,22,26)/t15-/m1/s1. The third-order valence-electron chi connectivity index (χ3n) is 5.32. The van der Waals surface area contributed by atoms with Crippen LogP contribution in [0.2, 0.25) is 0 Å². The fraction of sp³-hybridized carbons (Fsp3) is 0.400. The Morgan fingerprint density at radius 2 is 1.80 bits per heavy atom. The first-order valence-electron chi connectivity index (χ1n) is 9.61. The summed E-state index contributed by atoms with van der Waals surface area (Å²) in [7, 11) is -3.58. The topological polar surface area (TPSA) is 113 Å². The van der Waals surface area contributed by atoms with Crippen LogP contribution in [0.4, 0.5) is 5.00 Å². The van der Waals surface area contributed by atoms with E-state index in [0.29, 0.717) is 36.1 Å². The maximum absolute atomic E-state index is 13.0. The molecule has 3 N–H and O–H groups in total. The molecule has 0 unspecified atom stereocenters. The maximum atomic E-state index is 13.0. The summed E-state index contributed by atoms with van der Waals surface area (Å²) < 4.78 is 27.5. The summed E-state index contributed by atoms with van der Waals surface area (Å²) in [5.74, 6) is -0.852. The molecule has 162 valence electrons. The summed E-state index contributed by atoms with van der Waals surface area (Å²) in [6.07, 6.45) is 0. The van der Waals surface area contributed by atoms with E-state index in [2.05, 4.69) is 5.32 Å². The smallest absolute Gasteiger partial charge is 0.251 e. The number of anilines is 1. The van der Waals surface area contributed by atoms with E-state index in [0.717, 1.165) is 11.1 Å². The first-order chi connectivity index (χ1) is 14.1. The van der Waals surface area contributed by atoms with Gasteiger partial charge in [-0.1, -0.05) is 17.7 Å². The SMILES string of the molecule is Cc1ccc(S(=O)(=O)N2CCN([C@H](C)C(=O)Nc3sccc3C(N)=O)CC2)c(C)c1. The molecule has 0 saturated carbocycles. The minimum absolute atomic E-state index is 0.259. The highest BCUT2D eigenvalue weighted by atomic mass is 32.2. The van der Waals surface area contributed by atoms with Crippen molar-refractivity contribution in [1.29, 1.82) is 0 Å². The first kappa shape index (κ1) is 22.4. The largest absolute Gasteiger partial charge is 0.366 e. The third-order valence-corrected chi connectivity index (χ3v) is 8.20. The van der Waals surface area contributed by atoms with Crippen molar-refractivity contribution in [3.8, 4) is 0 Å². The van der Waals surface area contributed by atoms with Crippen molar-refractivity contribution in [1.82, 2.24) is 9.21 Å². The number of nitrogens with two attached hydrogens (primary N) is 1. The van der Waals surface area contributed by atoms with Gasteiger partial charge in [0.15, 0.2) is 0 Å². The molecular weight excluding hydrogens is 424 g/mol. The van der Waals surface area contributed by atoms with Gasteiger partial charge in [0.25, 0.3) is 5.91 Å². The number of sulfonamides is 1. The Morgan fingerprint density at radius 1 is 1.13 bits per heavy atom. The van der Waals surface area contributed by atoms with Crippen molar-refractivity contribution in [3.63, 3.8) is 0 Å². The second-order valence-corrected chi connectivity index (χ2v) is 10.2. The van der Waals surface area contributed by atoms with Crippen LogP contribution in [-0.2, 0) is 14.8 Å². The normalized spacial score (nSPS) is 16.9. The molecule has 0 radical (unpaired) electrons. The summed E-state index contributed by atoms with van der Waals surface area (Å²) in [5.41, 5.74) is 7.35. The number of carbonyl (C=O) groups is 2. The lowest BCUT2D eigenvalue weighted by molar-refractivity contribution is -0.121. The molecule has 10 heteroatoms. The molecule has 0 aliphatic carbocycles. The van der Waals surface area contributed by atoms with Crippen molar-refractivity contribution in [2.24, 2.45) is 5.73 Å². The van der Waals surface area contributed by atoms with Gasteiger partial charge >= 0.3 is 0 Å². The Hall–Kier alpha value is -2.27. The molecule has 1 saturated heterocycles. The average Bonchev–Trinajstić information content (AvgIpc) is 3.15. The van der Waals surface area contributed by atoms with Gasteiger partial charge in [0.05, 0.1) is 16.5 Å². The molecule has 3 rings (SSSR count). The highest BCUT2D eigenvalue weighted by Gasteiger charge is 2.32. The molecule has 2 aromatic rings. The number of hydrogen-bond acceptors (Lipinski definition) is 6. The van der Waals surface area contributed by atoms with Crippen LogP contribution in [0, 0.1) is 13.8 Å². The van der Waals surface area contributed by atoms with E-state index >= 15 is 0 Å². The maximum Gasteiger partial charge on any atom is 0.251 e. The van der Waals surface area contributed by atoms with E-state index < -0.39 is 22.0 Å². The zero-order chi connectivity index (χ0) is 22.1. The van der Waals surface area contributed by atoms with Gasteiger partial charge in [-0.2, -0.15) is 4.31 Å². The monoisotopic (exact) mass is 450 g/mol. The van der Waals surface area contributed by atoms with Crippen LogP contribution < -0.4 is 11.1 Å². The van der Waals surface area contributed by atoms with Crippen molar-refractivity contribution in [3.05, 3.63) is 46.3 Å². The highest BCUT2D eigenvalue weighted by molar-refractivity contribution is 7.89. The minimum atomic E-state index is -3.58. The quantitative estimate of drug-likeness (QED) is 0.697. The molecule has 0 bridgehead atoms.